The summed E-state index contributed by atoms with van der Waals surface area (Å²) >= 11 is 0. The molecule has 1 aromatic rings. The number of hydrogen-bond acceptors (Lipinski definition) is 3. The van der Waals surface area contributed by atoms with Gasteiger partial charge in [0.1, 0.15) is 6.29 Å². The van der Waals surface area contributed by atoms with Gasteiger partial charge in [-0.3, -0.25) is 4.79 Å². The molecule has 0 aliphatic heterocycles. The van der Waals surface area contributed by atoms with E-state index in [1.807, 2.05) is 12.1 Å². The highest BCUT2D eigenvalue weighted by molar-refractivity contribution is 5.88. The number of carbonyl (C=O) groups is 3. The summed E-state index contributed by atoms with van der Waals surface area (Å²) in [6, 6.07) is 7.07. The third kappa shape index (κ3) is 4.11. The zero-order chi connectivity index (χ0) is 29.4. The highest BCUT2D eigenvalue weighted by Gasteiger charge is 2.66. The number of carboxylic acid groups (broad SMARTS) is 1. The van der Waals surface area contributed by atoms with Gasteiger partial charge in [-0.25, -0.2) is 4.79 Å². The number of benzene rings is 1. The van der Waals surface area contributed by atoms with E-state index in [1.54, 1.807) is 19.1 Å². The monoisotopic (exact) mass is 559 g/mol. The van der Waals surface area contributed by atoms with E-state index in [1.165, 1.54) is 31.3 Å². The van der Waals surface area contributed by atoms with Gasteiger partial charge >= 0.3 is 5.97 Å². The third-order valence-electron chi connectivity index (χ3n) is 13.5. The summed E-state index contributed by atoms with van der Waals surface area (Å²) < 4.78 is 0. The molecule has 5 aliphatic rings. The van der Waals surface area contributed by atoms with E-state index in [-0.39, 0.29) is 22.2 Å². The maximum atomic E-state index is 13.6. The number of aldehydes is 1. The van der Waals surface area contributed by atoms with Crippen molar-refractivity contribution in [2.45, 2.75) is 105 Å². The molecule has 4 fully saturated rings. The molecular formula is C36H49NO4. The Morgan fingerprint density at radius 3 is 2.32 bits per heavy atom. The van der Waals surface area contributed by atoms with E-state index >= 15 is 0 Å². The lowest BCUT2D eigenvalue weighted by atomic mass is 9.36. The van der Waals surface area contributed by atoms with Gasteiger partial charge in [0.25, 0.3) is 0 Å². The Kier molecular flexibility index (Phi) is 6.86. The number of allylic oxidation sites excluding steroid dienone is 2. The number of rotatable bonds is 5. The Morgan fingerprint density at radius 2 is 1.63 bits per heavy atom. The summed E-state index contributed by atoms with van der Waals surface area (Å²) in [7, 11) is 0. The van der Waals surface area contributed by atoms with Crippen LogP contribution in [-0.2, 0) is 9.59 Å². The van der Waals surface area contributed by atoms with Gasteiger partial charge in [-0.05, 0) is 134 Å². The molecule has 41 heavy (non-hydrogen) atoms. The van der Waals surface area contributed by atoms with Crippen molar-refractivity contribution in [2.75, 3.05) is 0 Å². The topological polar surface area (TPSA) is 83.5 Å². The molecule has 5 heteroatoms. The minimum absolute atomic E-state index is 0.0104. The Bertz CT molecular complexity index is 1260. The van der Waals surface area contributed by atoms with Crippen molar-refractivity contribution >= 4 is 23.7 Å². The van der Waals surface area contributed by atoms with Crippen LogP contribution in [0.4, 0.5) is 0 Å². The zero-order valence-electron chi connectivity index (χ0n) is 25.7. The maximum Gasteiger partial charge on any atom is 0.335 e. The number of aromatic carboxylic acids is 1. The Hall–Kier alpha value is -2.43. The second-order valence-electron chi connectivity index (χ2n) is 15.5. The maximum absolute atomic E-state index is 13.6. The number of carbonyl (C=O) groups excluding carboxylic acids is 2. The molecule has 4 saturated carbocycles. The first-order valence-corrected chi connectivity index (χ1v) is 16.2. The molecule has 0 bridgehead atoms. The van der Waals surface area contributed by atoms with Crippen LogP contribution in [0.2, 0.25) is 0 Å². The van der Waals surface area contributed by atoms with Crippen LogP contribution in [0.25, 0.3) is 5.57 Å². The lowest BCUT2D eigenvalue weighted by molar-refractivity contribution is -0.181. The summed E-state index contributed by atoms with van der Waals surface area (Å²) in [6.07, 6.45) is 14.7. The molecule has 0 saturated heterocycles. The van der Waals surface area contributed by atoms with Crippen LogP contribution >= 0.6 is 0 Å². The van der Waals surface area contributed by atoms with Crippen molar-refractivity contribution in [1.82, 2.24) is 5.32 Å². The highest BCUT2D eigenvalue weighted by Crippen LogP contribution is 2.73. The molecule has 0 radical (unpaired) electrons. The average molecular weight is 560 g/mol. The van der Waals surface area contributed by atoms with E-state index in [9.17, 15) is 19.5 Å². The number of fused-ring (bicyclic) bond motifs is 7. The van der Waals surface area contributed by atoms with Crippen LogP contribution < -0.4 is 5.32 Å². The number of carboxylic acids is 1. The van der Waals surface area contributed by atoms with E-state index < -0.39 is 12.0 Å². The number of amides is 1. The summed E-state index contributed by atoms with van der Waals surface area (Å²) in [4.78, 5) is 36.4. The van der Waals surface area contributed by atoms with Gasteiger partial charge in [0, 0.05) is 0 Å². The first-order chi connectivity index (χ1) is 19.4. The Balaban J connectivity index is 1.28. The van der Waals surface area contributed by atoms with Crippen LogP contribution in [0.3, 0.4) is 0 Å². The SMILES string of the molecule is CC(C=O)NC(=O)C12CCCC1C1CCC3C(C)(CCC4C(C)(C)C(c5ccc(C(=O)O)cc5)=CCC43C)C1CC2. The molecule has 222 valence electrons. The minimum atomic E-state index is -0.878. The van der Waals surface area contributed by atoms with Gasteiger partial charge in [-0.1, -0.05) is 52.3 Å². The van der Waals surface area contributed by atoms with Gasteiger partial charge in [0.2, 0.25) is 5.91 Å². The molecular weight excluding hydrogens is 510 g/mol. The van der Waals surface area contributed by atoms with Crippen molar-refractivity contribution in [3.05, 3.63) is 41.5 Å². The van der Waals surface area contributed by atoms with Crippen molar-refractivity contribution in [2.24, 2.45) is 51.2 Å². The zero-order valence-corrected chi connectivity index (χ0v) is 25.7. The number of hydrogen-bond donors (Lipinski definition) is 2. The molecule has 0 spiro atoms. The molecule has 9 unspecified atom stereocenters. The lowest BCUT2D eigenvalue weighted by Gasteiger charge is -2.68. The average Bonchev–Trinajstić information content (AvgIpc) is 3.38. The summed E-state index contributed by atoms with van der Waals surface area (Å²) in [5, 5.41) is 12.4. The van der Waals surface area contributed by atoms with Crippen molar-refractivity contribution in [1.29, 1.82) is 0 Å². The number of nitrogens with one attached hydrogen (secondary N) is 1. The van der Waals surface area contributed by atoms with Crippen LogP contribution in [0.1, 0.15) is 115 Å². The predicted octanol–water partition coefficient (Wildman–Crippen LogP) is 7.55. The summed E-state index contributed by atoms with van der Waals surface area (Å²) in [5.74, 6) is 2.24. The fourth-order valence-electron chi connectivity index (χ4n) is 11.9. The van der Waals surface area contributed by atoms with E-state index in [4.69, 9.17) is 0 Å². The normalized spacial score (nSPS) is 41.5. The molecule has 0 heterocycles. The molecule has 1 aromatic carbocycles. The van der Waals surface area contributed by atoms with Crippen molar-refractivity contribution < 1.29 is 19.5 Å². The molecule has 5 aliphatic carbocycles. The van der Waals surface area contributed by atoms with Gasteiger partial charge in [-0.2, -0.15) is 0 Å². The Morgan fingerprint density at radius 1 is 0.902 bits per heavy atom. The fourth-order valence-corrected chi connectivity index (χ4v) is 11.9. The molecule has 1 amide bonds. The summed E-state index contributed by atoms with van der Waals surface area (Å²) in [5.41, 5.74) is 3.13. The van der Waals surface area contributed by atoms with Gasteiger partial charge in [0.05, 0.1) is 17.0 Å². The van der Waals surface area contributed by atoms with Gasteiger partial charge in [-0.15, -0.1) is 0 Å². The van der Waals surface area contributed by atoms with Gasteiger partial charge < -0.3 is 15.2 Å². The third-order valence-corrected chi connectivity index (χ3v) is 13.5. The minimum Gasteiger partial charge on any atom is -0.478 e. The van der Waals surface area contributed by atoms with E-state index in [2.05, 4.69) is 39.1 Å². The molecule has 2 N–H and O–H groups in total. The lowest BCUT2D eigenvalue weighted by Crippen LogP contribution is -2.62. The largest absolute Gasteiger partial charge is 0.478 e. The Labute approximate surface area is 245 Å². The predicted molar refractivity (Wildman–Crippen MR) is 161 cm³/mol. The second kappa shape index (κ2) is 9.81. The van der Waals surface area contributed by atoms with E-state index in [0.717, 1.165) is 50.4 Å². The van der Waals surface area contributed by atoms with E-state index in [0.29, 0.717) is 40.6 Å². The molecule has 6 rings (SSSR count). The second-order valence-corrected chi connectivity index (χ2v) is 15.5. The quantitative estimate of drug-likeness (QED) is 0.365. The smallest absolute Gasteiger partial charge is 0.335 e. The molecule has 9 atom stereocenters. The standard InChI is InChI=1S/C36H49NO4/c1-22(21-38)37-32(41)36-17-6-7-28(36)25-12-13-30-34(4,27(25)15-20-36)19-16-29-33(2,3)26(14-18-35(29,30)5)23-8-10-24(11-9-23)31(39)40/h8-11,14,21-22,25,27-30H,6-7,12-13,15-20H2,1-5H3,(H,37,41)(H,39,40). The van der Waals surface area contributed by atoms with Crippen LogP contribution in [0.5, 0.6) is 0 Å². The van der Waals surface area contributed by atoms with Crippen LogP contribution in [0, 0.1) is 51.2 Å². The fraction of sp³-hybridized carbons (Fsp3) is 0.694. The van der Waals surface area contributed by atoms with Crippen molar-refractivity contribution in [3.8, 4) is 0 Å². The first kappa shape index (κ1) is 28.7. The van der Waals surface area contributed by atoms with Crippen LogP contribution in [0.15, 0.2) is 30.3 Å². The van der Waals surface area contributed by atoms with Crippen LogP contribution in [-0.4, -0.2) is 29.3 Å². The molecule has 0 aromatic heterocycles. The summed E-state index contributed by atoms with van der Waals surface area (Å²) in [6.45, 7) is 11.8. The highest BCUT2D eigenvalue weighted by atomic mass is 16.4. The molecule has 5 nitrogen and oxygen atoms in total. The van der Waals surface area contributed by atoms with Crippen molar-refractivity contribution in [3.63, 3.8) is 0 Å². The first-order valence-electron chi connectivity index (χ1n) is 16.2. The van der Waals surface area contributed by atoms with Gasteiger partial charge in [0.15, 0.2) is 0 Å².